The monoisotopic (exact) mass is 749 g/mol. The van der Waals surface area contributed by atoms with Crippen molar-refractivity contribution in [3.8, 4) is 0 Å². The van der Waals surface area contributed by atoms with E-state index in [0.717, 1.165) is 36.8 Å². The molecule has 1 aromatic heterocycles. The van der Waals surface area contributed by atoms with E-state index in [1.807, 2.05) is 13.8 Å². The van der Waals surface area contributed by atoms with Crippen LogP contribution in [0.4, 0.5) is 5.82 Å². The Morgan fingerprint density at radius 1 is 0.780 bits per heavy atom. The van der Waals surface area contributed by atoms with Crippen molar-refractivity contribution < 1.29 is 58.6 Å². The van der Waals surface area contributed by atoms with E-state index in [-0.39, 0.29) is 66.7 Å². The third kappa shape index (κ3) is 12.6. The van der Waals surface area contributed by atoms with Crippen molar-refractivity contribution in [3.05, 3.63) is 33.7 Å². The average Bonchev–Trinajstić information content (AvgIpc) is 3.39. The Morgan fingerprint density at radius 3 is 1.64 bits per heavy atom. The molecule has 12 nitrogen and oxygen atoms in total. The van der Waals surface area contributed by atoms with Crippen LogP contribution in [0.15, 0.2) is 21.8 Å². The molecule has 50 heavy (non-hydrogen) atoms. The van der Waals surface area contributed by atoms with E-state index < -0.39 is 11.9 Å². The van der Waals surface area contributed by atoms with Crippen LogP contribution in [0.3, 0.4) is 0 Å². The molecule has 3 aliphatic rings. The van der Waals surface area contributed by atoms with Crippen molar-refractivity contribution in [2.75, 3.05) is 5.32 Å². The predicted octanol–water partition coefficient (Wildman–Crippen LogP) is 6.67. The van der Waals surface area contributed by atoms with Crippen LogP contribution in [0.2, 0.25) is 0 Å². The van der Waals surface area contributed by atoms with Gasteiger partial charge in [0, 0.05) is 33.3 Å². The van der Waals surface area contributed by atoms with Gasteiger partial charge in [0.25, 0.3) is 5.97 Å². The van der Waals surface area contributed by atoms with Crippen LogP contribution in [-0.2, 0) is 48.3 Å². The van der Waals surface area contributed by atoms with E-state index in [9.17, 15) is 14.4 Å². The minimum Gasteiger partial charge on any atom is -0.481 e. The van der Waals surface area contributed by atoms with Crippen LogP contribution in [0.1, 0.15) is 112 Å². The Bertz CT molecular complexity index is 1440. The smallest absolute Gasteiger partial charge is 0.342 e. The number of aliphatic carboxylic acids is 1. The summed E-state index contributed by atoms with van der Waals surface area (Å²) >= 11 is 0. The van der Waals surface area contributed by atoms with Gasteiger partial charge < -0.3 is 25.5 Å². The van der Waals surface area contributed by atoms with Gasteiger partial charge in [-0.05, 0) is 117 Å². The summed E-state index contributed by atoms with van der Waals surface area (Å²) in [5.41, 5.74) is 3.79. The zero-order chi connectivity index (χ0) is 37.3. The van der Waals surface area contributed by atoms with Gasteiger partial charge in [0.15, 0.2) is 0 Å². The van der Waals surface area contributed by atoms with Gasteiger partial charge in [0.2, 0.25) is 5.91 Å². The zero-order valence-corrected chi connectivity index (χ0v) is 34.9. The van der Waals surface area contributed by atoms with E-state index in [1.165, 1.54) is 26.7 Å². The Labute approximate surface area is 310 Å². The van der Waals surface area contributed by atoms with E-state index in [4.69, 9.17) is 19.9 Å². The number of hydrogen-bond donors (Lipinski definition) is 4. The number of carboxylic acid groups (broad SMARTS) is 1. The molecule has 4 rings (SSSR count). The SMILES string of the molecule is CC(=O)NC1=NC(=Cc2[n-]c(NC(C)=O)c(C)c2C)C(C)=C1C(=O)OC1C(C)CC(C)CC1C.CC(=O)O.CC1CC(C)C(OO)C(C)C1.[Zn]. The van der Waals surface area contributed by atoms with E-state index in [2.05, 4.69) is 67.0 Å². The average molecular weight is 751 g/mol. The molecule has 4 N–H and O–H groups in total. The molecule has 0 radical (unpaired) electrons. The maximum Gasteiger partial charge on any atom is 0.342 e. The number of hydrogen-bond acceptors (Lipinski definition) is 8. The molecule has 1 aliphatic heterocycles. The van der Waals surface area contributed by atoms with Crippen LogP contribution >= 0.6 is 0 Å². The quantitative estimate of drug-likeness (QED) is 0.111. The third-order valence-electron chi connectivity index (χ3n) is 9.53. The first kappa shape index (κ1) is 44.9. The number of anilines is 1. The van der Waals surface area contributed by atoms with Crippen molar-refractivity contribution >= 4 is 41.5 Å². The number of carboxylic acids is 1. The van der Waals surface area contributed by atoms with Gasteiger partial charge in [-0.15, -0.1) is 0 Å². The molecule has 0 aromatic carbocycles. The van der Waals surface area contributed by atoms with Crippen molar-refractivity contribution in [2.24, 2.45) is 40.5 Å². The number of aromatic nitrogens is 1. The molecule has 2 amide bonds. The second-order valence-electron chi connectivity index (χ2n) is 14.5. The first-order valence-corrected chi connectivity index (χ1v) is 17.2. The van der Waals surface area contributed by atoms with Gasteiger partial charge in [-0.2, -0.15) is 0 Å². The van der Waals surface area contributed by atoms with Gasteiger partial charge in [-0.25, -0.2) is 14.7 Å². The number of rotatable bonds is 5. The summed E-state index contributed by atoms with van der Waals surface area (Å²) in [5.74, 6) is 1.75. The Kier molecular flexibility index (Phi) is 18.0. The fraction of sp³-hybridized carbons (Fsp3) is 0.649. The first-order chi connectivity index (χ1) is 22.8. The standard InChI is InChI=1S/C26H36N4O4.C9H18O2.C2H4O2.Zn/c1-12-9-13(2)23(14(3)10-12)34-26(33)22-17(6)21(30-25(22)28-19(8)32)11-20-15(4)16(5)24(29-20)27-18(7)31;1-6-4-7(2)9(11-10)8(3)5-6;1-2(3)4;/h11-14,23H,9-10H2,1-8H3,(H3,27,28,29,30,31,32,33);6-10H,4-5H2,1-3H3;1H3,(H,3,4);/p-1. The summed E-state index contributed by atoms with van der Waals surface area (Å²) in [4.78, 5) is 59.2. The molecule has 0 saturated heterocycles. The molecule has 4 unspecified atom stereocenters. The molecule has 4 atom stereocenters. The number of aliphatic imine (C=N–C) groups is 1. The van der Waals surface area contributed by atoms with Crippen LogP contribution in [-0.4, -0.2) is 52.2 Å². The summed E-state index contributed by atoms with van der Waals surface area (Å²) in [6, 6.07) is 0. The number of amidine groups is 1. The summed E-state index contributed by atoms with van der Waals surface area (Å²) < 4.78 is 6.00. The van der Waals surface area contributed by atoms with Crippen LogP contribution in [0.5, 0.6) is 0 Å². The molecule has 0 bridgehead atoms. The minimum absolute atomic E-state index is 0. The maximum atomic E-state index is 13.3. The predicted molar refractivity (Wildman–Crippen MR) is 190 cm³/mol. The van der Waals surface area contributed by atoms with Gasteiger partial charge in [0.1, 0.15) is 23.4 Å². The number of carbonyl (C=O) groups excluding carboxylic acids is 3. The van der Waals surface area contributed by atoms with Crippen molar-refractivity contribution in [3.63, 3.8) is 0 Å². The first-order valence-electron chi connectivity index (χ1n) is 17.2. The number of nitrogens with one attached hydrogen (secondary N) is 2. The Hall–Kier alpha value is -3.15. The molecule has 13 heteroatoms. The normalized spacial score (nSPS) is 28.2. The summed E-state index contributed by atoms with van der Waals surface area (Å²) in [7, 11) is 0. The fourth-order valence-corrected chi connectivity index (χ4v) is 7.44. The van der Waals surface area contributed by atoms with Gasteiger partial charge in [-0.1, -0.05) is 47.4 Å². The number of carbonyl (C=O) groups is 4. The third-order valence-corrected chi connectivity index (χ3v) is 9.53. The second kappa shape index (κ2) is 20.0. The second-order valence-corrected chi connectivity index (χ2v) is 14.5. The van der Waals surface area contributed by atoms with Gasteiger partial charge in [-0.3, -0.25) is 19.6 Å². The Balaban J connectivity index is 0.000000649. The van der Waals surface area contributed by atoms with Gasteiger partial charge in [0.05, 0.1) is 11.8 Å². The molecule has 2 saturated carbocycles. The molecule has 1 aromatic rings. The summed E-state index contributed by atoms with van der Waals surface area (Å²) in [6.07, 6.45) is 6.01. The summed E-state index contributed by atoms with van der Waals surface area (Å²) in [5, 5.41) is 21.4. The molecular weight excluding hydrogens is 694 g/mol. The van der Waals surface area contributed by atoms with E-state index >= 15 is 0 Å². The minimum atomic E-state index is -0.833. The summed E-state index contributed by atoms with van der Waals surface area (Å²) in [6.45, 7) is 22.5. The zero-order valence-electron chi connectivity index (χ0n) is 32.0. The van der Waals surface area contributed by atoms with E-state index in [1.54, 1.807) is 13.0 Å². The van der Waals surface area contributed by atoms with Crippen molar-refractivity contribution in [1.29, 1.82) is 0 Å². The van der Waals surface area contributed by atoms with Crippen LogP contribution < -0.4 is 15.6 Å². The van der Waals surface area contributed by atoms with Crippen molar-refractivity contribution in [2.45, 2.75) is 121 Å². The number of esters is 1. The fourth-order valence-electron chi connectivity index (χ4n) is 7.44. The number of ether oxygens (including phenoxy) is 1. The number of allylic oxidation sites excluding steroid dienone is 1. The molecule has 2 aliphatic carbocycles. The number of amides is 2. The molecule has 2 heterocycles. The number of nitrogens with zero attached hydrogens (tertiary/aromatic N) is 2. The van der Waals surface area contributed by atoms with Crippen LogP contribution in [0, 0.1) is 49.4 Å². The van der Waals surface area contributed by atoms with E-state index in [0.29, 0.717) is 40.5 Å². The molecule has 0 spiro atoms. The van der Waals surface area contributed by atoms with Crippen molar-refractivity contribution in [1.82, 2.24) is 10.3 Å². The Morgan fingerprint density at radius 2 is 1.22 bits per heavy atom. The molecule has 276 valence electrons. The molecule has 2 fully saturated rings. The maximum absolute atomic E-state index is 13.3. The van der Waals surface area contributed by atoms with Crippen LogP contribution in [0.25, 0.3) is 6.08 Å². The largest absolute Gasteiger partial charge is 0.481 e. The topological polar surface area (TPSA) is 178 Å². The molecular formula is C37H57N4O8Zn-. The van der Waals surface area contributed by atoms with Gasteiger partial charge >= 0.3 is 5.97 Å².